The molecule has 156 valence electrons. The molecule has 1 aliphatic heterocycles. The SMILES string of the molecule is Cn1c(CN2CCC(N(c3cc(C(F)(F)F)ncn3)C3CC3)CC2)nccc1=O. The molecule has 3 heterocycles. The Balaban J connectivity index is 1.45. The zero-order valence-corrected chi connectivity index (χ0v) is 16.1. The summed E-state index contributed by atoms with van der Waals surface area (Å²) in [6.45, 7) is 2.15. The van der Waals surface area contributed by atoms with Gasteiger partial charge in [0.1, 0.15) is 23.7 Å². The highest BCUT2D eigenvalue weighted by Gasteiger charge is 2.39. The van der Waals surface area contributed by atoms with Gasteiger partial charge in [-0.1, -0.05) is 0 Å². The molecule has 0 atom stereocenters. The van der Waals surface area contributed by atoms with Crippen LogP contribution < -0.4 is 10.5 Å². The number of hydrogen-bond donors (Lipinski definition) is 0. The Bertz CT molecular complexity index is 919. The van der Waals surface area contributed by atoms with Gasteiger partial charge < -0.3 is 4.90 Å². The van der Waals surface area contributed by atoms with Gasteiger partial charge in [0.15, 0.2) is 0 Å². The van der Waals surface area contributed by atoms with Crippen LogP contribution in [0.2, 0.25) is 0 Å². The van der Waals surface area contributed by atoms with E-state index in [9.17, 15) is 18.0 Å². The van der Waals surface area contributed by atoms with Gasteiger partial charge in [0, 0.05) is 50.6 Å². The Kier molecular flexibility index (Phi) is 5.28. The van der Waals surface area contributed by atoms with Crippen molar-refractivity contribution in [1.82, 2.24) is 24.4 Å². The van der Waals surface area contributed by atoms with Crippen LogP contribution in [0.5, 0.6) is 0 Å². The summed E-state index contributed by atoms with van der Waals surface area (Å²) in [6.07, 6.45) is 1.64. The van der Waals surface area contributed by atoms with Gasteiger partial charge in [0.2, 0.25) is 0 Å². The summed E-state index contributed by atoms with van der Waals surface area (Å²) in [5, 5.41) is 0. The Morgan fingerprint density at radius 3 is 2.45 bits per heavy atom. The molecule has 2 fully saturated rings. The number of anilines is 1. The Morgan fingerprint density at radius 1 is 1.10 bits per heavy atom. The molecule has 0 N–H and O–H groups in total. The molecule has 2 aromatic rings. The lowest BCUT2D eigenvalue weighted by Gasteiger charge is -2.39. The third-order valence-electron chi connectivity index (χ3n) is 5.62. The first-order valence-electron chi connectivity index (χ1n) is 9.74. The average Bonchev–Trinajstić information content (AvgIpc) is 3.52. The van der Waals surface area contributed by atoms with Crippen molar-refractivity contribution in [2.75, 3.05) is 18.0 Å². The molecule has 1 aliphatic carbocycles. The first kappa shape index (κ1) is 19.8. The normalized spacial score (nSPS) is 18.8. The Hall–Kier alpha value is -2.49. The van der Waals surface area contributed by atoms with Crippen molar-refractivity contribution >= 4 is 5.82 Å². The van der Waals surface area contributed by atoms with Crippen molar-refractivity contribution in [2.24, 2.45) is 7.05 Å². The summed E-state index contributed by atoms with van der Waals surface area (Å²) >= 11 is 0. The van der Waals surface area contributed by atoms with Gasteiger partial charge in [-0.25, -0.2) is 15.0 Å². The summed E-state index contributed by atoms with van der Waals surface area (Å²) in [4.78, 5) is 27.9. The van der Waals surface area contributed by atoms with E-state index in [-0.39, 0.29) is 17.6 Å². The maximum Gasteiger partial charge on any atom is 0.433 e. The fourth-order valence-electron chi connectivity index (χ4n) is 3.88. The van der Waals surface area contributed by atoms with Crippen molar-refractivity contribution in [1.29, 1.82) is 0 Å². The first-order chi connectivity index (χ1) is 13.8. The third-order valence-corrected chi connectivity index (χ3v) is 5.62. The molecule has 0 aromatic carbocycles. The monoisotopic (exact) mass is 408 g/mol. The smallest absolute Gasteiger partial charge is 0.350 e. The maximum absolute atomic E-state index is 13.1. The summed E-state index contributed by atoms with van der Waals surface area (Å²) in [7, 11) is 1.71. The molecule has 0 radical (unpaired) electrons. The number of likely N-dealkylation sites (tertiary alicyclic amines) is 1. The van der Waals surface area contributed by atoms with Crippen LogP contribution in [-0.4, -0.2) is 49.6 Å². The number of hydrogen-bond acceptors (Lipinski definition) is 6. The first-order valence-corrected chi connectivity index (χ1v) is 9.74. The molecule has 2 aromatic heterocycles. The van der Waals surface area contributed by atoms with E-state index in [2.05, 4.69) is 24.8 Å². The zero-order valence-electron chi connectivity index (χ0n) is 16.1. The van der Waals surface area contributed by atoms with Gasteiger partial charge in [-0.2, -0.15) is 13.2 Å². The minimum Gasteiger partial charge on any atom is -0.350 e. The predicted molar refractivity (Wildman–Crippen MR) is 100 cm³/mol. The van der Waals surface area contributed by atoms with Crippen molar-refractivity contribution in [2.45, 2.75) is 50.5 Å². The Labute approximate surface area is 166 Å². The lowest BCUT2D eigenvalue weighted by atomic mass is 10.0. The van der Waals surface area contributed by atoms with E-state index >= 15 is 0 Å². The van der Waals surface area contributed by atoms with Gasteiger partial charge in [-0.3, -0.25) is 14.3 Å². The van der Waals surface area contributed by atoms with Crippen molar-refractivity contribution in [3.63, 3.8) is 0 Å². The van der Waals surface area contributed by atoms with E-state index in [0.717, 1.165) is 51.2 Å². The lowest BCUT2D eigenvalue weighted by Crippen LogP contribution is -2.46. The van der Waals surface area contributed by atoms with Gasteiger partial charge in [0.05, 0.1) is 6.54 Å². The van der Waals surface area contributed by atoms with E-state index in [1.165, 1.54) is 12.3 Å². The van der Waals surface area contributed by atoms with E-state index in [4.69, 9.17) is 0 Å². The van der Waals surface area contributed by atoms with Crippen LogP contribution in [0.15, 0.2) is 29.5 Å². The highest BCUT2D eigenvalue weighted by molar-refractivity contribution is 5.44. The number of alkyl halides is 3. The van der Waals surface area contributed by atoms with Crippen molar-refractivity contribution in [3.05, 3.63) is 46.5 Å². The fraction of sp³-hybridized carbons (Fsp3) is 0.579. The summed E-state index contributed by atoms with van der Waals surface area (Å²) in [5.41, 5.74) is -0.990. The average molecular weight is 408 g/mol. The van der Waals surface area contributed by atoms with Crippen LogP contribution in [0.3, 0.4) is 0 Å². The van der Waals surface area contributed by atoms with Crippen LogP contribution in [0.25, 0.3) is 0 Å². The van der Waals surface area contributed by atoms with Crippen LogP contribution in [0, 0.1) is 0 Å². The minimum absolute atomic E-state index is 0.0889. The molecule has 29 heavy (non-hydrogen) atoms. The highest BCUT2D eigenvalue weighted by Crippen LogP contribution is 2.37. The number of piperidine rings is 1. The van der Waals surface area contributed by atoms with Crippen molar-refractivity contribution < 1.29 is 13.2 Å². The number of aromatic nitrogens is 4. The van der Waals surface area contributed by atoms with E-state index in [1.54, 1.807) is 11.6 Å². The standard InChI is InChI=1S/C19H23F3N6O/c1-26-17(23-7-4-18(26)29)11-27-8-5-14(6-9-27)28(13-2-3-13)16-10-15(19(20,21)22)24-12-25-16/h4,7,10,12-14H,2-3,5-6,8-9,11H2,1H3. The van der Waals surface area contributed by atoms with Crippen LogP contribution >= 0.6 is 0 Å². The molecule has 0 bridgehead atoms. The molecule has 4 rings (SSSR count). The molecular weight excluding hydrogens is 385 g/mol. The number of nitrogens with zero attached hydrogens (tertiary/aromatic N) is 6. The molecule has 2 aliphatic rings. The molecule has 0 amide bonds. The van der Waals surface area contributed by atoms with E-state index in [1.807, 2.05) is 0 Å². The molecule has 0 spiro atoms. The second kappa shape index (κ2) is 7.74. The second-order valence-electron chi connectivity index (χ2n) is 7.66. The van der Waals surface area contributed by atoms with E-state index in [0.29, 0.717) is 18.2 Å². The molecule has 1 saturated heterocycles. The highest BCUT2D eigenvalue weighted by atomic mass is 19.4. The summed E-state index contributed by atoms with van der Waals surface area (Å²) < 4.78 is 40.7. The Morgan fingerprint density at radius 2 is 1.79 bits per heavy atom. The lowest BCUT2D eigenvalue weighted by molar-refractivity contribution is -0.141. The van der Waals surface area contributed by atoms with E-state index < -0.39 is 11.9 Å². The molecule has 0 unspecified atom stereocenters. The second-order valence-corrected chi connectivity index (χ2v) is 7.66. The number of rotatable bonds is 5. The third kappa shape index (κ3) is 4.42. The minimum atomic E-state index is -4.48. The molecule has 7 nitrogen and oxygen atoms in total. The van der Waals surface area contributed by atoms with Crippen LogP contribution in [-0.2, 0) is 19.8 Å². The summed E-state index contributed by atoms with van der Waals surface area (Å²) in [5.74, 6) is 1.07. The van der Waals surface area contributed by atoms with Gasteiger partial charge >= 0.3 is 6.18 Å². The zero-order chi connectivity index (χ0) is 20.6. The van der Waals surface area contributed by atoms with Gasteiger partial charge in [0.25, 0.3) is 5.56 Å². The van der Waals surface area contributed by atoms with Crippen molar-refractivity contribution in [3.8, 4) is 0 Å². The molecular formula is C19H23F3N6O. The predicted octanol–water partition coefficient (Wildman–Crippen LogP) is 2.22. The maximum atomic E-state index is 13.1. The fourth-order valence-corrected chi connectivity index (χ4v) is 3.88. The summed E-state index contributed by atoms with van der Waals surface area (Å²) in [6, 6.07) is 2.88. The van der Waals surface area contributed by atoms with Crippen LogP contribution in [0.1, 0.15) is 37.2 Å². The van der Waals surface area contributed by atoms with Gasteiger partial charge in [-0.05, 0) is 25.7 Å². The van der Waals surface area contributed by atoms with Gasteiger partial charge in [-0.15, -0.1) is 0 Å². The quantitative estimate of drug-likeness (QED) is 0.756. The number of halogens is 3. The molecule has 10 heteroatoms. The van der Waals surface area contributed by atoms with Crippen LogP contribution in [0.4, 0.5) is 19.0 Å². The largest absolute Gasteiger partial charge is 0.433 e. The topological polar surface area (TPSA) is 67.2 Å². The molecule has 1 saturated carbocycles.